The molecule has 2 heterocycles. The van der Waals surface area contributed by atoms with Gasteiger partial charge in [0.15, 0.2) is 0 Å². The minimum absolute atomic E-state index is 0.0306. The van der Waals surface area contributed by atoms with E-state index >= 15 is 0 Å². The van der Waals surface area contributed by atoms with E-state index in [1.54, 1.807) is 42.5 Å². The van der Waals surface area contributed by atoms with Crippen LogP contribution in [0.3, 0.4) is 0 Å². The summed E-state index contributed by atoms with van der Waals surface area (Å²) in [7, 11) is 0. The van der Waals surface area contributed by atoms with E-state index in [1.165, 1.54) is 29.4 Å². The zero-order valence-electron chi connectivity index (χ0n) is 15.6. The zero-order valence-corrected chi connectivity index (χ0v) is 15.6. The van der Waals surface area contributed by atoms with Crippen molar-refractivity contribution >= 4 is 23.1 Å². The largest absolute Gasteiger partial charge is 0.507 e. The Kier molecular flexibility index (Phi) is 4.89. The van der Waals surface area contributed by atoms with Crippen LogP contribution in [0.5, 0.6) is 0 Å². The molecule has 30 heavy (non-hydrogen) atoms. The smallest absolute Gasteiger partial charge is 0.296 e. The van der Waals surface area contributed by atoms with Gasteiger partial charge in [0.1, 0.15) is 11.5 Å². The van der Waals surface area contributed by atoms with Crippen molar-refractivity contribution in [2.24, 2.45) is 0 Å². The van der Waals surface area contributed by atoms with Crippen molar-refractivity contribution in [1.29, 1.82) is 0 Å². The quantitative estimate of drug-likeness (QED) is 0.227. The number of carbonyl (C=O) groups is 2. The van der Waals surface area contributed by atoms with Gasteiger partial charge in [-0.2, -0.15) is 0 Å². The van der Waals surface area contributed by atoms with Crippen molar-refractivity contribution in [1.82, 2.24) is 4.90 Å². The predicted molar refractivity (Wildman–Crippen MR) is 106 cm³/mol. The summed E-state index contributed by atoms with van der Waals surface area (Å²) >= 11 is 0. The van der Waals surface area contributed by atoms with Gasteiger partial charge in [-0.25, -0.2) is 0 Å². The number of Topliss-reactive ketones (excluding diaryl/α,β-unsaturated/α-hetero) is 1. The van der Waals surface area contributed by atoms with Gasteiger partial charge in [0.25, 0.3) is 17.4 Å². The molecule has 4 rings (SSSR count). The fourth-order valence-electron chi connectivity index (χ4n) is 3.52. The molecule has 1 aliphatic rings. The first-order valence-corrected chi connectivity index (χ1v) is 9.08. The molecule has 8 heteroatoms. The van der Waals surface area contributed by atoms with Gasteiger partial charge < -0.3 is 14.4 Å². The Morgan fingerprint density at radius 1 is 1.07 bits per heavy atom. The number of benzene rings is 2. The van der Waals surface area contributed by atoms with E-state index in [2.05, 4.69) is 0 Å². The third-order valence-electron chi connectivity index (χ3n) is 4.89. The molecule has 150 valence electrons. The van der Waals surface area contributed by atoms with Crippen molar-refractivity contribution in [3.05, 3.63) is 106 Å². The van der Waals surface area contributed by atoms with Gasteiger partial charge >= 0.3 is 0 Å². The van der Waals surface area contributed by atoms with E-state index in [-0.39, 0.29) is 23.4 Å². The lowest BCUT2D eigenvalue weighted by Crippen LogP contribution is -2.29. The van der Waals surface area contributed by atoms with Gasteiger partial charge in [-0.1, -0.05) is 42.5 Å². The SMILES string of the molecule is O=C1C(=O)N(Cc2ccco2)[C@H](c2ccccc2)/C1=C(\O)c1cccc([N+](=O)[O-])c1. The molecule has 1 amide bonds. The molecule has 1 atom stereocenters. The summed E-state index contributed by atoms with van der Waals surface area (Å²) in [5.41, 5.74) is 0.342. The number of hydrogen-bond acceptors (Lipinski definition) is 6. The number of nitro benzene ring substituents is 1. The number of aliphatic hydroxyl groups excluding tert-OH is 1. The Morgan fingerprint density at radius 3 is 2.50 bits per heavy atom. The number of likely N-dealkylation sites (tertiary alicyclic amines) is 1. The zero-order chi connectivity index (χ0) is 21.3. The highest BCUT2D eigenvalue weighted by molar-refractivity contribution is 6.46. The van der Waals surface area contributed by atoms with Crippen LogP contribution in [0.2, 0.25) is 0 Å². The normalized spacial score (nSPS) is 18.0. The summed E-state index contributed by atoms with van der Waals surface area (Å²) in [6.07, 6.45) is 1.46. The molecule has 0 bridgehead atoms. The molecule has 1 N–H and O–H groups in total. The Morgan fingerprint density at radius 2 is 1.83 bits per heavy atom. The summed E-state index contributed by atoms with van der Waals surface area (Å²) < 4.78 is 5.33. The number of non-ortho nitro benzene ring substituents is 1. The molecule has 0 saturated carbocycles. The predicted octanol–water partition coefficient (Wildman–Crippen LogP) is 3.81. The highest BCUT2D eigenvalue weighted by atomic mass is 16.6. The Hall–Kier alpha value is -4.20. The molecule has 1 fully saturated rings. The first-order valence-electron chi connectivity index (χ1n) is 9.08. The van der Waals surface area contributed by atoms with Crippen LogP contribution in [0.15, 0.2) is 83.0 Å². The fraction of sp³-hybridized carbons (Fsp3) is 0.0909. The standard InChI is InChI=1S/C22H16N2O6/c25-20(15-8-4-9-16(12-15)24(28)29)18-19(14-6-2-1-3-7-14)23(22(27)21(18)26)13-17-10-5-11-30-17/h1-12,19,25H,13H2/b20-18+/t19-/m1/s1. The summed E-state index contributed by atoms with van der Waals surface area (Å²) in [5, 5.41) is 22.0. The fourth-order valence-corrected chi connectivity index (χ4v) is 3.52. The Labute approximate surface area is 170 Å². The topological polar surface area (TPSA) is 114 Å². The van der Waals surface area contributed by atoms with Crippen LogP contribution in [0.4, 0.5) is 5.69 Å². The van der Waals surface area contributed by atoms with E-state index in [0.29, 0.717) is 11.3 Å². The van der Waals surface area contributed by atoms with Gasteiger partial charge in [-0.05, 0) is 17.7 Å². The van der Waals surface area contributed by atoms with E-state index in [9.17, 15) is 24.8 Å². The number of nitrogens with zero attached hydrogens (tertiary/aromatic N) is 2. The minimum atomic E-state index is -0.865. The first kappa shape index (κ1) is 19.1. The first-order chi connectivity index (χ1) is 14.5. The maximum Gasteiger partial charge on any atom is 0.296 e. The third kappa shape index (κ3) is 3.35. The monoisotopic (exact) mass is 404 g/mol. The molecule has 8 nitrogen and oxygen atoms in total. The van der Waals surface area contributed by atoms with Crippen LogP contribution in [0.25, 0.3) is 5.76 Å². The van der Waals surface area contributed by atoms with Gasteiger partial charge in [0.2, 0.25) is 0 Å². The van der Waals surface area contributed by atoms with Crippen molar-refractivity contribution in [2.75, 3.05) is 0 Å². The molecule has 2 aromatic carbocycles. The number of hydrogen-bond donors (Lipinski definition) is 1. The van der Waals surface area contributed by atoms with Crippen LogP contribution >= 0.6 is 0 Å². The number of ketones is 1. The lowest BCUT2D eigenvalue weighted by atomic mass is 9.95. The number of carbonyl (C=O) groups excluding carboxylic acids is 2. The molecular formula is C22H16N2O6. The van der Waals surface area contributed by atoms with Crippen molar-refractivity contribution in [2.45, 2.75) is 12.6 Å². The van der Waals surface area contributed by atoms with Crippen molar-refractivity contribution < 1.29 is 24.0 Å². The molecule has 3 aromatic rings. The van der Waals surface area contributed by atoms with Crippen molar-refractivity contribution in [3.63, 3.8) is 0 Å². The molecular weight excluding hydrogens is 388 g/mol. The molecule has 0 aliphatic carbocycles. The summed E-state index contributed by atoms with van der Waals surface area (Å²) in [6.45, 7) is 0.0306. The number of rotatable bonds is 5. The Bertz CT molecular complexity index is 1150. The van der Waals surface area contributed by atoms with E-state index in [0.717, 1.165) is 6.07 Å². The van der Waals surface area contributed by atoms with Gasteiger partial charge in [-0.3, -0.25) is 19.7 Å². The lowest BCUT2D eigenvalue weighted by Gasteiger charge is -2.24. The molecule has 1 aromatic heterocycles. The molecule has 0 radical (unpaired) electrons. The molecule has 0 spiro atoms. The third-order valence-corrected chi connectivity index (χ3v) is 4.89. The van der Waals surface area contributed by atoms with Crippen molar-refractivity contribution in [3.8, 4) is 0 Å². The average molecular weight is 404 g/mol. The average Bonchev–Trinajstić information content (AvgIpc) is 3.36. The summed E-state index contributed by atoms with van der Waals surface area (Å²) in [4.78, 5) is 37.5. The second kappa shape index (κ2) is 7.67. The summed E-state index contributed by atoms with van der Waals surface area (Å²) in [5.74, 6) is -1.63. The molecule has 1 aliphatic heterocycles. The lowest BCUT2D eigenvalue weighted by molar-refractivity contribution is -0.384. The van der Waals surface area contributed by atoms with Crippen LogP contribution < -0.4 is 0 Å². The van der Waals surface area contributed by atoms with E-state index < -0.39 is 28.4 Å². The molecule has 0 unspecified atom stereocenters. The number of aliphatic hydroxyl groups is 1. The summed E-state index contributed by atoms with van der Waals surface area (Å²) in [6, 6.07) is 16.6. The van der Waals surface area contributed by atoms with Crippen LogP contribution in [0.1, 0.15) is 22.9 Å². The minimum Gasteiger partial charge on any atom is -0.507 e. The van der Waals surface area contributed by atoms with Crippen LogP contribution in [0, 0.1) is 10.1 Å². The van der Waals surface area contributed by atoms with Gasteiger partial charge in [-0.15, -0.1) is 0 Å². The highest BCUT2D eigenvalue weighted by Gasteiger charge is 2.46. The number of amides is 1. The van der Waals surface area contributed by atoms with Crippen LogP contribution in [-0.2, 0) is 16.1 Å². The maximum atomic E-state index is 12.9. The van der Waals surface area contributed by atoms with E-state index in [4.69, 9.17) is 4.42 Å². The second-order valence-electron chi connectivity index (χ2n) is 6.72. The number of nitro groups is 1. The number of furan rings is 1. The Balaban J connectivity index is 1.87. The van der Waals surface area contributed by atoms with Gasteiger partial charge in [0, 0.05) is 17.7 Å². The van der Waals surface area contributed by atoms with Gasteiger partial charge in [0.05, 0.1) is 29.3 Å². The second-order valence-corrected chi connectivity index (χ2v) is 6.72. The van der Waals surface area contributed by atoms with E-state index in [1.807, 2.05) is 0 Å². The highest BCUT2D eigenvalue weighted by Crippen LogP contribution is 2.40. The maximum absolute atomic E-state index is 12.9. The van der Waals surface area contributed by atoms with Crippen LogP contribution in [-0.4, -0.2) is 26.6 Å². The molecule has 1 saturated heterocycles.